The van der Waals surface area contributed by atoms with Crippen molar-refractivity contribution < 1.29 is 13.9 Å². The molecule has 188 valence electrons. The van der Waals surface area contributed by atoms with E-state index in [9.17, 15) is 9.18 Å². The largest absolute Gasteiger partial charge is 0.493 e. The number of carbonyl (C=O) groups excluding carboxylic acids is 1. The van der Waals surface area contributed by atoms with Gasteiger partial charge in [-0.25, -0.2) is 4.39 Å². The van der Waals surface area contributed by atoms with Gasteiger partial charge >= 0.3 is 0 Å². The summed E-state index contributed by atoms with van der Waals surface area (Å²) in [7, 11) is 0. The van der Waals surface area contributed by atoms with Gasteiger partial charge in [0.05, 0.1) is 12.2 Å². The lowest BCUT2D eigenvalue weighted by atomic mass is 9.98. The zero-order chi connectivity index (χ0) is 24.4. The molecule has 0 atom stereocenters. The first-order valence-electron chi connectivity index (χ1n) is 13.5. The van der Waals surface area contributed by atoms with Crippen LogP contribution in [-0.4, -0.2) is 12.5 Å². The number of benzene rings is 2. The van der Waals surface area contributed by atoms with Crippen molar-refractivity contribution in [3.05, 3.63) is 59.4 Å². The van der Waals surface area contributed by atoms with Gasteiger partial charge < -0.3 is 10.1 Å². The van der Waals surface area contributed by atoms with Crippen molar-refractivity contribution in [2.75, 3.05) is 11.9 Å². The zero-order valence-electron chi connectivity index (χ0n) is 21.3. The molecule has 0 fully saturated rings. The molecule has 1 N–H and O–H groups in total. The monoisotopic (exact) mass is 469 g/mol. The molecule has 0 aliphatic carbocycles. The Morgan fingerprint density at radius 2 is 1.38 bits per heavy atom. The van der Waals surface area contributed by atoms with Crippen molar-refractivity contribution in [2.24, 2.45) is 0 Å². The number of aryl methyl sites for hydroxylation is 1. The van der Waals surface area contributed by atoms with Gasteiger partial charge in [0.25, 0.3) is 5.91 Å². The molecule has 3 nitrogen and oxygen atoms in total. The van der Waals surface area contributed by atoms with Crippen LogP contribution in [0.5, 0.6) is 5.75 Å². The molecular weight excluding hydrogens is 425 g/mol. The van der Waals surface area contributed by atoms with E-state index in [4.69, 9.17) is 4.74 Å². The number of ether oxygens (including phenoxy) is 1. The van der Waals surface area contributed by atoms with Crippen LogP contribution in [0.4, 0.5) is 10.1 Å². The fourth-order valence-electron chi connectivity index (χ4n) is 4.41. The summed E-state index contributed by atoms with van der Waals surface area (Å²) in [6, 6.07) is 11.8. The van der Waals surface area contributed by atoms with Gasteiger partial charge in [-0.2, -0.15) is 0 Å². The van der Waals surface area contributed by atoms with Crippen molar-refractivity contribution >= 4 is 11.6 Å². The van der Waals surface area contributed by atoms with Gasteiger partial charge in [0.1, 0.15) is 11.6 Å². The molecule has 2 aromatic rings. The van der Waals surface area contributed by atoms with E-state index in [-0.39, 0.29) is 11.7 Å². The Kier molecular flexibility index (Phi) is 14.0. The zero-order valence-corrected chi connectivity index (χ0v) is 21.3. The van der Waals surface area contributed by atoms with Crippen LogP contribution < -0.4 is 10.1 Å². The average molecular weight is 470 g/mol. The maximum Gasteiger partial charge on any atom is 0.259 e. The SMILES string of the molecule is CCCCCCCCCCCCCCCc1cccc(OCC)c1C(=O)Nc1cccc(F)c1. The van der Waals surface area contributed by atoms with Crippen molar-refractivity contribution in [3.63, 3.8) is 0 Å². The summed E-state index contributed by atoms with van der Waals surface area (Å²) >= 11 is 0. The molecule has 0 spiro atoms. The van der Waals surface area contributed by atoms with E-state index in [0.717, 1.165) is 18.4 Å². The third-order valence-electron chi connectivity index (χ3n) is 6.27. The first kappa shape index (κ1) is 27.9. The van der Waals surface area contributed by atoms with Gasteiger partial charge in [0.15, 0.2) is 0 Å². The summed E-state index contributed by atoms with van der Waals surface area (Å²) < 4.78 is 19.3. The molecule has 0 radical (unpaired) electrons. The number of amides is 1. The fourth-order valence-corrected chi connectivity index (χ4v) is 4.41. The van der Waals surface area contributed by atoms with Gasteiger partial charge in [-0.05, 0) is 49.6 Å². The maximum atomic E-state index is 13.5. The molecule has 0 bridgehead atoms. The van der Waals surface area contributed by atoms with Gasteiger partial charge in [0, 0.05) is 5.69 Å². The van der Waals surface area contributed by atoms with Crippen LogP contribution in [0.25, 0.3) is 0 Å². The number of nitrogens with one attached hydrogen (secondary N) is 1. The highest BCUT2D eigenvalue weighted by Crippen LogP contribution is 2.26. The van der Waals surface area contributed by atoms with Crippen LogP contribution in [0, 0.1) is 5.82 Å². The molecular formula is C30H44FNO2. The van der Waals surface area contributed by atoms with Gasteiger partial charge in [-0.1, -0.05) is 102 Å². The van der Waals surface area contributed by atoms with Gasteiger partial charge in [0.2, 0.25) is 0 Å². The standard InChI is InChI=1S/C30H44FNO2/c1-3-5-6-7-8-9-10-11-12-13-14-15-16-19-25-20-17-23-28(34-4-2)29(25)30(33)32-27-22-18-21-26(31)24-27/h17-18,20-24H,3-16,19H2,1-2H3,(H,32,33). The van der Waals surface area contributed by atoms with E-state index in [1.165, 1.54) is 89.2 Å². The van der Waals surface area contributed by atoms with E-state index in [1.54, 1.807) is 12.1 Å². The Balaban J connectivity index is 1.75. The molecule has 0 aliphatic rings. The Morgan fingerprint density at radius 1 is 0.794 bits per heavy atom. The second kappa shape index (κ2) is 17.1. The van der Waals surface area contributed by atoms with Crippen LogP contribution in [-0.2, 0) is 6.42 Å². The fraction of sp³-hybridized carbons (Fsp3) is 0.567. The van der Waals surface area contributed by atoms with Crippen LogP contribution in [0.1, 0.15) is 113 Å². The molecule has 0 aliphatic heterocycles. The van der Waals surface area contributed by atoms with E-state index in [1.807, 2.05) is 25.1 Å². The van der Waals surface area contributed by atoms with Crippen molar-refractivity contribution in [1.29, 1.82) is 0 Å². The molecule has 0 saturated carbocycles. The van der Waals surface area contributed by atoms with E-state index < -0.39 is 0 Å². The highest BCUT2D eigenvalue weighted by atomic mass is 19.1. The van der Waals surface area contributed by atoms with Crippen molar-refractivity contribution in [3.8, 4) is 5.75 Å². The van der Waals surface area contributed by atoms with Crippen LogP contribution >= 0.6 is 0 Å². The summed E-state index contributed by atoms with van der Waals surface area (Å²) in [5.41, 5.74) is 2.00. The molecule has 2 rings (SSSR count). The number of carbonyl (C=O) groups is 1. The minimum absolute atomic E-state index is 0.251. The summed E-state index contributed by atoms with van der Waals surface area (Å²) in [4.78, 5) is 13.1. The van der Waals surface area contributed by atoms with E-state index in [2.05, 4.69) is 12.2 Å². The normalized spacial score (nSPS) is 10.9. The molecule has 2 aromatic carbocycles. The lowest BCUT2D eigenvalue weighted by Crippen LogP contribution is -2.16. The second-order valence-electron chi connectivity index (χ2n) is 9.18. The van der Waals surface area contributed by atoms with Crippen LogP contribution in [0.3, 0.4) is 0 Å². The Morgan fingerprint density at radius 3 is 1.97 bits per heavy atom. The summed E-state index contributed by atoms with van der Waals surface area (Å²) in [6.07, 6.45) is 17.9. The smallest absolute Gasteiger partial charge is 0.259 e. The van der Waals surface area contributed by atoms with Gasteiger partial charge in [-0.15, -0.1) is 0 Å². The molecule has 1 amide bonds. The first-order valence-corrected chi connectivity index (χ1v) is 13.5. The first-order chi connectivity index (χ1) is 16.7. The van der Waals surface area contributed by atoms with Crippen LogP contribution in [0.2, 0.25) is 0 Å². The number of halogens is 1. The maximum absolute atomic E-state index is 13.5. The molecule has 34 heavy (non-hydrogen) atoms. The lowest BCUT2D eigenvalue weighted by molar-refractivity contribution is 0.102. The Hall–Kier alpha value is -2.36. The molecule has 0 heterocycles. The van der Waals surface area contributed by atoms with E-state index in [0.29, 0.717) is 23.6 Å². The molecule has 4 heteroatoms. The highest BCUT2D eigenvalue weighted by molar-refractivity contribution is 6.07. The predicted molar refractivity (Wildman–Crippen MR) is 141 cm³/mol. The summed E-state index contributed by atoms with van der Waals surface area (Å²) in [5.74, 6) is -0.0361. The Bertz CT molecular complexity index is 836. The summed E-state index contributed by atoms with van der Waals surface area (Å²) in [6.45, 7) is 4.67. The quantitative estimate of drug-likeness (QED) is 0.221. The molecule has 0 saturated heterocycles. The van der Waals surface area contributed by atoms with Gasteiger partial charge in [-0.3, -0.25) is 4.79 Å². The molecule has 0 unspecified atom stereocenters. The predicted octanol–water partition coefficient (Wildman–Crippen LogP) is 9.11. The summed E-state index contributed by atoms with van der Waals surface area (Å²) in [5, 5.41) is 2.83. The third kappa shape index (κ3) is 10.7. The lowest BCUT2D eigenvalue weighted by Gasteiger charge is -2.15. The van der Waals surface area contributed by atoms with E-state index >= 15 is 0 Å². The number of anilines is 1. The number of unbranched alkanes of at least 4 members (excludes halogenated alkanes) is 12. The number of hydrogen-bond donors (Lipinski definition) is 1. The highest BCUT2D eigenvalue weighted by Gasteiger charge is 2.18. The molecule has 0 aromatic heterocycles. The van der Waals surface area contributed by atoms with Crippen LogP contribution in [0.15, 0.2) is 42.5 Å². The second-order valence-corrected chi connectivity index (χ2v) is 9.18. The number of rotatable bonds is 18. The third-order valence-corrected chi connectivity index (χ3v) is 6.27. The topological polar surface area (TPSA) is 38.3 Å². The van der Waals surface area contributed by atoms with Crippen molar-refractivity contribution in [2.45, 2.75) is 104 Å². The van der Waals surface area contributed by atoms with Crippen molar-refractivity contribution in [1.82, 2.24) is 0 Å². The Labute approximate surface area is 206 Å². The number of hydrogen-bond acceptors (Lipinski definition) is 2. The minimum Gasteiger partial charge on any atom is -0.493 e. The average Bonchev–Trinajstić information content (AvgIpc) is 2.82. The minimum atomic E-state index is -0.372.